The standard InChI is InChI=1S/C5H9NO3S/c6-4(5(8)9)1-3(10)2-7/h2-4,10H,1,6H2,(H,8,9). The van der Waals surface area contributed by atoms with Crippen molar-refractivity contribution < 1.29 is 14.7 Å². The van der Waals surface area contributed by atoms with Crippen molar-refractivity contribution in [3.05, 3.63) is 0 Å². The molecular weight excluding hydrogens is 154 g/mol. The highest BCUT2D eigenvalue weighted by molar-refractivity contribution is 7.81. The average Bonchev–Trinajstić information content (AvgIpc) is 1.87. The summed E-state index contributed by atoms with van der Waals surface area (Å²) in [4.78, 5) is 20.0. The molecule has 0 bridgehead atoms. The fourth-order valence-corrected chi connectivity index (χ4v) is 0.644. The van der Waals surface area contributed by atoms with Crippen LogP contribution in [0.25, 0.3) is 0 Å². The van der Waals surface area contributed by atoms with Crippen LogP contribution in [-0.2, 0) is 9.59 Å². The van der Waals surface area contributed by atoms with Crippen molar-refractivity contribution in [3.8, 4) is 0 Å². The van der Waals surface area contributed by atoms with E-state index in [1.807, 2.05) is 0 Å². The lowest BCUT2D eigenvalue weighted by Gasteiger charge is -2.06. The Kier molecular flexibility index (Phi) is 4.06. The summed E-state index contributed by atoms with van der Waals surface area (Å²) < 4.78 is 0. The monoisotopic (exact) mass is 163 g/mol. The first-order valence-corrected chi connectivity index (χ1v) is 3.21. The van der Waals surface area contributed by atoms with Gasteiger partial charge in [0.1, 0.15) is 12.3 Å². The number of hydrogen-bond donors (Lipinski definition) is 3. The third kappa shape index (κ3) is 3.47. The second-order valence-corrected chi connectivity index (χ2v) is 2.55. The smallest absolute Gasteiger partial charge is 0.320 e. The van der Waals surface area contributed by atoms with Gasteiger partial charge in [-0.1, -0.05) is 0 Å². The van der Waals surface area contributed by atoms with E-state index in [1.165, 1.54) is 0 Å². The highest BCUT2D eigenvalue weighted by Crippen LogP contribution is 2.00. The van der Waals surface area contributed by atoms with Crippen LogP contribution in [0.1, 0.15) is 6.42 Å². The van der Waals surface area contributed by atoms with E-state index in [-0.39, 0.29) is 6.42 Å². The predicted molar refractivity (Wildman–Crippen MR) is 39.1 cm³/mol. The van der Waals surface area contributed by atoms with Gasteiger partial charge in [-0.05, 0) is 6.42 Å². The largest absolute Gasteiger partial charge is 0.480 e. The Bertz CT molecular complexity index is 139. The molecule has 0 aromatic carbocycles. The van der Waals surface area contributed by atoms with Gasteiger partial charge in [-0.25, -0.2) is 0 Å². The molecule has 0 aromatic rings. The minimum atomic E-state index is -1.11. The molecule has 0 radical (unpaired) electrons. The zero-order valence-electron chi connectivity index (χ0n) is 5.23. The first-order chi connectivity index (χ1) is 4.57. The molecule has 0 aliphatic carbocycles. The first kappa shape index (κ1) is 9.45. The molecule has 5 heteroatoms. The summed E-state index contributed by atoms with van der Waals surface area (Å²) in [6.45, 7) is 0. The Labute approximate surface area is 63.8 Å². The van der Waals surface area contributed by atoms with Gasteiger partial charge in [-0.15, -0.1) is 0 Å². The third-order valence-electron chi connectivity index (χ3n) is 0.970. The van der Waals surface area contributed by atoms with Crippen molar-refractivity contribution in [1.82, 2.24) is 0 Å². The summed E-state index contributed by atoms with van der Waals surface area (Å²) in [7, 11) is 0. The Hall–Kier alpha value is -0.550. The van der Waals surface area contributed by atoms with Gasteiger partial charge >= 0.3 is 5.97 Å². The van der Waals surface area contributed by atoms with Crippen LogP contribution in [0.4, 0.5) is 0 Å². The fraction of sp³-hybridized carbons (Fsp3) is 0.600. The second-order valence-electron chi connectivity index (χ2n) is 1.88. The number of nitrogens with two attached hydrogens (primary N) is 1. The zero-order chi connectivity index (χ0) is 8.15. The molecule has 0 saturated heterocycles. The van der Waals surface area contributed by atoms with E-state index >= 15 is 0 Å². The van der Waals surface area contributed by atoms with Crippen LogP contribution in [-0.4, -0.2) is 28.7 Å². The number of carboxylic acid groups (broad SMARTS) is 1. The second kappa shape index (κ2) is 4.29. The molecule has 0 spiro atoms. The highest BCUT2D eigenvalue weighted by atomic mass is 32.1. The van der Waals surface area contributed by atoms with Crippen LogP contribution in [0.15, 0.2) is 0 Å². The molecule has 0 saturated carbocycles. The van der Waals surface area contributed by atoms with Crippen molar-refractivity contribution in [2.45, 2.75) is 17.7 Å². The Morgan fingerprint density at radius 2 is 2.30 bits per heavy atom. The summed E-state index contributed by atoms with van der Waals surface area (Å²) in [5, 5.41) is 7.67. The van der Waals surface area contributed by atoms with E-state index in [9.17, 15) is 9.59 Å². The number of hydrogen-bond acceptors (Lipinski definition) is 4. The van der Waals surface area contributed by atoms with Gasteiger partial charge in [-0.2, -0.15) is 12.6 Å². The molecule has 2 unspecified atom stereocenters. The molecule has 0 aromatic heterocycles. The number of rotatable bonds is 4. The first-order valence-electron chi connectivity index (χ1n) is 2.69. The fourth-order valence-electron chi connectivity index (χ4n) is 0.417. The highest BCUT2D eigenvalue weighted by Gasteiger charge is 2.14. The van der Waals surface area contributed by atoms with Crippen molar-refractivity contribution in [2.75, 3.05) is 0 Å². The molecule has 0 aliphatic rings. The minimum Gasteiger partial charge on any atom is -0.480 e. The maximum atomic E-state index is 10.1. The van der Waals surface area contributed by atoms with Crippen molar-refractivity contribution in [2.24, 2.45) is 5.73 Å². The molecule has 3 N–H and O–H groups in total. The van der Waals surface area contributed by atoms with E-state index in [2.05, 4.69) is 12.6 Å². The van der Waals surface area contributed by atoms with Crippen LogP contribution in [0.3, 0.4) is 0 Å². The molecule has 0 heterocycles. The summed E-state index contributed by atoms with van der Waals surface area (Å²) in [5.74, 6) is -1.11. The quantitative estimate of drug-likeness (QED) is 0.377. The zero-order valence-corrected chi connectivity index (χ0v) is 6.12. The number of thiol groups is 1. The van der Waals surface area contributed by atoms with Crippen molar-refractivity contribution in [3.63, 3.8) is 0 Å². The van der Waals surface area contributed by atoms with Gasteiger partial charge < -0.3 is 15.6 Å². The summed E-state index contributed by atoms with van der Waals surface area (Å²) >= 11 is 3.75. The SMILES string of the molecule is NC(CC(S)C=O)C(=O)O. The van der Waals surface area contributed by atoms with Gasteiger partial charge in [0.25, 0.3) is 0 Å². The van der Waals surface area contributed by atoms with E-state index in [0.29, 0.717) is 6.29 Å². The molecule has 4 nitrogen and oxygen atoms in total. The lowest BCUT2D eigenvalue weighted by atomic mass is 10.2. The summed E-state index contributed by atoms with van der Waals surface area (Å²) in [6.07, 6.45) is 0.633. The maximum absolute atomic E-state index is 10.1. The Morgan fingerprint density at radius 1 is 1.80 bits per heavy atom. The lowest BCUT2D eigenvalue weighted by molar-refractivity contribution is -0.138. The molecule has 10 heavy (non-hydrogen) atoms. The number of carbonyl (C=O) groups excluding carboxylic acids is 1. The van der Waals surface area contributed by atoms with E-state index in [4.69, 9.17) is 10.8 Å². The van der Waals surface area contributed by atoms with Crippen molar-refractivity contribution >= 4 is 24.9 Å². The van der Waals surface area contributed by atoms with Gasteiger partial charge in [0.05, 0.1) is 5.25 Å². The Morgan fingerprint density at radius 3 is 2.60 bits per heavy atom. The van der Waals surface area contributed by atoms with E-state index < -0.39 is 17.3 Å². The average molecular weight is 163 g/mol. The molecule has 58 valence electrons. The minimum absolute atomic E-state index is 0.0714. The molecular formula is C5H9NO3S. The predicted octanol–water partition coefficient (Wildman–Crippen LogP) is -0.714. The summed E-state index contributed by atoms with van der Waals surface area (Å²) in [6, 6.07) is -0.993. The van der Waals surface area contributed by atoms with Crippen LogP contribution in [0, 0.1) is 0 Å². The van der Waals surface area contributed by atoms with Crippen LogP contribution < -0.4 is 5.73 Å². The van der Waals surface area contributed by atoms with Crippen LogP contribution in [0.5, 0.6) is 0 Å². The van der Waals surface area contributed by atoms with E-state index in [0.717, 1.165) is 0 Å². The molecule has 2 atom stereocenters. The Balaban J connectivity index is 3.67. The van der Waals surface area contributed by atoms with Gasteiger partial charge in [0, 0.05) is 0 Å². The number of aldehydes is 1. The number of aliphatic carboxylic acids is 1. The van der Waals surface area contributed by atoms with E-state index in [1.54, 1.807) is 0 Å². The van der Waals surface area contributed by atoms with Gasteiger partial charge in [0.2, 0.25) is 0 Å². The molecule has 0 rings (SSSR count). The van der Waals surface area contributed by atoms with Gasteiger partial charge in [-0.3, -0.25) is 4.79 Å². The number of carbonyl (C=O) groups is 2. The number of carboxylic acids is 1. The maximum Gasteiger partial charge on any atom is 0.320 e. The van der Waals surface area contributed by atoms with Crippen LogP contribution >= 0.6 is 12.6 Å². The molecule has 0 amide bonds. The van der Waals surface area contributed by atoms with Crippen molar-refractivity contribution in [1.29, 1.82) is 0 Å². The third-order valence-corrected chi connectivity index (χ3v) is 1.30. The molecule has 0 fully saturated rings. The lowest BCUT2D eigenvalue weighted by Crippen LogP contribution is -2.33. The topological polar surface area (TPSA) is 80.4 Å². The van der Waals surface area contributed by atoms with Crippen LogP contribution in [0.2, 0.25) is 0 Å². The molecule has 0 aliphatic heterocycles. The van der Waals surface area contributed by atoms with Gasteiger partial charge in [0.15, 0.2) is 0 Å². The normalized spacial score (nSPS) is 15.8. The summed E-state index contributed by atoms with van der Waals surface area (Å²) in [5.41, 5.74) is 5.09.